The fourth-order valence-corrected chi connectivity index (χ4v) is 1.79. The lowest BCUT2D eigenvalue weighted by Gasteiger charge is -2.05. The Morgan fingerprint density at radius 1 is 1.33 bits per heavy atom. The highest BCUT2D eigenvalue weighted by Crippen LogP contribution is 2.22. The average molecular weight is 217 g/mol. The molecule has 1 aromatic heterocycles. The van der Waals surface area contributed by atoms with Crippen LogP contribution in [0.4, 0.5) is 0 Å². The van der Waals surface area contributed by atoms with Crippen molar-refractivity contribution in [1.29, 1.82) is 0 Å². The molecule has 0 saturated heterocycles. The molecule has 2 aromatic rings. The standard InChI is InChI=1S/C11H9BClNO/c12-5-7-1-2-9-8(6-15)4-11(13)14-10(9)3-7/h1-4,15H,5-6H2. The minimum Gasteiger partial charge on any atom is -0.392 e. The van der Waals surface area contributed by atoms with Gasteiger partial charge in [-0.2, -0.15) is 0 Å². The van der Waals surface area contributed by atoms with E-state index in [9.17, 15) is 5.11 Å². The molecule has 2 radical (unpaired) electrons. The van der Waals surface area contributed by atoms with Gasteiger partial charge in [0.05, 0.1) is 20.0 Å². The van der Waals surface area contributed by atoms with Crippen LogP contribution < -0.4 is 0 Å². The summed E-state index contributed by atoms with van der Waals surface area (Å²) in [5.41, 5.74) is 2.56. The Bertz CT molecular complexity index is 501. The minimum atomic E-state index is -0.0410. The number of aliphatic hydroxyl groups is 1. The molecule has 74 valence electrons. The summed E-state index contributed by atoms with van der Waals surface area (Å²) in [6.07, 6.45) is 0.471. The monoisotopic (exact) mass is 217 g/mol. The van der Waals surface area contributed by atoms with E-state index in [1.165, 1.54) is 0 Å². The highest BCUT2D eigenvalue weighted by Gasteiger charge is 2.04. The van der Waals surface area contributed by atoms with Gasteiger partial charge in [0.25, 0.3) is 0 Å². The Morgan fingerprint density at radius 3 is 2.80 bits per heavy atom. The predicted molar refractivity (Wildman–Crippen MR) is 62.1 cm³/mol. The summed E-state index contributed by atoms with van der Waals surface area (Å²) < 4.78 is 0. The van der Waals surface area contributed by atoms with E-state index in [4.69, 9.17) is 19.4 Å². The molecule has 2 nitrogen and oxygen atoms in total. The summed E-state index contributed by atoms with van der Waals surface area (Å²) in [5, 5.41) is 10.5. The number of pyridine rings is 1. The molecule has 1 aromatic carbocycles. The fourth-order valence-electron chi connectivity index (χ4n) is 1.57. The quantitative estimate of drug-likeness (QED) is 0.617. The molecule has 4 heteroatoms. The summed E-state index contributed by atoms with van der Waals surface area (Å²) in [6, 6.07) is 7.40. The Hall–Kier alpha value is -1.06. The number of halogens is 1. The third-order valence-corrected chi connectivity index (χ3v) is 2.53. The van der Waals surface area contributed by atoms with Crippen LogP contribution in [-0.2, 0) is 12.9 Å². The summed E-state index contributed by atoms with van der Waals surface area (Å²) in [5.74, 6) is 0. The van der Waals surface area contributed by atoms with Crippen molar-refractivity contribution in [1.82, 2.24) is 4.98 Å². The smallest absolute Gasteiger partial charge is 0.130 e. The van der Waals surface area contributed by atoms with Crippen LogP contribution in [0.2, 0.25) is 5.15 Å². The van der Waals surface area contributed by atoms with Crippen LogP contribution >= 0.6 is 11.6 Å². The van der Waals surface area contributed by atoms with Gasteiger partial charge in [0.2, 0.25) is 0 Å². The lowest BCUT2D eigenvalue weighted by atomic mass is 9.95. The molecule has 0 aliphatic heterocycles. The van der Waals surface area contributed by atoms with E-state index in [1.807, 2.05) is 18.2 Å². The Morgan fingerprint density at radius 2 is 2.13 bits per heavy atom. The van der Waals surface area contributed by atoms with E-state index in [2.05, 4.69) is 4.98 Å². The van der Waals surface area contributed by atoms with Gasteiger partial charge < -0.3 is 5.11 Å². The molecule has 0 amide bonds. The number of nitrogens with zero attached hydrogens (tertiary/aromatic N) is 1. The van der Waals surface area contributed by atoms with Crippen molar-refractivity contribution in [3.05, 3.63) is 40.5 Å². The van der Waals surface area contributed by atoms with Crippen LogP contribution in [0.1, 0.15) is 11.1 Å². The van der Waals surface area contributed by atoms with E-state index < -0.39 is 0 Å². The summed E-state index contributed by atoms with van der Waals surface area (Å²) >= 11 is 5.84. The number of aliphatic hydroxyl groups excluding tert-OH is 1. The molecule has 15 heavy (non-hydrogen) atoms. The number of benzene rings is 1. The number of hydrogen-bond acceptors (Lipinski definition) is 2. The van der Waals surface area contributed by atoms with Crippen molar-refractivity contribution in [2.75, 3.05) is 0 Å². The van der Waals surface area contributed by atoms with Crippen LogP contribution in [-0.4, -0.2) is 17.9 Å². The van der Waals surface area contributed by atoms with E-state index in [1.54, 1.807) is 6.07 Å². The van der Waals surface area contributed by atoms with E-state index >= 15 is 0 Å². The Kier molecular flexibility index (Phi) is 2.94. The molecule has 0 saturated carbocycles. The van der Waals surface area contributed by atoms with Gasteiger partial charge in [-0.3, -0.25) is 0 Å². The van der Waals surface area contributed by atoms with E-state index in [0.717, 1.165) is 22.0 Å². The van der Waals surface area contributed by atoms with Gasteiger partial charge in [0, 0.05) is 5.39 Å². The maximum Gasteiger partial charge on any atom is 0.130 e. The zero-order valence-electron chi connectivity index (χ0n) is 8.07. The van der Waals surface area contributed by atoms with Gasteiger partial charge in [-0.1, -0.05) is 35.6 Å². The summed E-state index contributed by atoms with van der Waals surface area (Å²) in [4.78, 5) is 4.19. The molecule has 1 N–H and O–H groups in total. The molecule has 2 rings (SSSR count). The Balaban J connectivity index is 2.72. The summed E-state index contributed by atoms with van der Waals surface area (Å²) in [7, 11) is 5.54. The highest BCUT2D eigenvalue weighted by molar-refractivity contribution is 6.29. The zero-order chi connectivity index (χ0) is 10.8. The van der Waals surface area contributed by atoms with Gasteiger partial charge in [0.15, 0.2) is 0 Å². The first kappa shape index (κ1) is 10.5. The predicted octanol–water partition coefficient (Wildman–Crippen LogP) is 2.05. The molecule has 0 aliphatic carbocycles. The third-order valence-electron chi connectivity index (χ3n) is 2.33. The molecular formula is C11H9BClNO. The number of fused-ring (bicyclic) bond motifs is 1. The first-order valence-corrected chi connectivity index (χ1v) is 5.01. The van der Waals surface area contributed by atoms with E-state index in [0.29, 0.717) is 11.5 Å². The molecule has 0 aliphatic rings. The maximum atomic E-state index is 9.18. The zero-order valence-corrected chi connectivity index (χ0v) is 8.83. The fraction of sp³-hybridized carbons (Fsp3) is 0.182. The van der Waals surface area contributed by atoms with Gasteiger partial charge >= 0.3 is 0 Å². The maximum absolute atomic E-state index is 9.18. The first-order valence-electron chi connectivity index (χ1n) is 4.63. The van der Waals surface area contributed by atoms with Crippen LogP contribution in [0.25, 0.3) is 10.9 Å². The van der Waals surface area contributed by atoms with Crippen molar-refractivity contribution in [2.24, 2.45) is 0 Å². The van der Waals surface area contributed by atoms with Crippen molar-refractivity contribution in [3.8, 4) is 0 Å². The van der Waals surface area contributed by atoms with Crippen LogP contribution in [0.3, 0.4) is 0 Å². The number of hydrogen-bond donors (Lipinski definition) is 1. The molecule has 0 spiro atoms. The number of aromatic nitrogens is 1. The van der Waals surface area contributed by atoms with Crippen LogP contribution in [0.5, 0.6) is 0 Å². The molecule has 0 unspecified atom stereocenters. The highest BCUT2D eigenvalue weighted by atomic mass is 35.5. The van der Waals surface area contributed by atoms with Gasteiger partial charge in [0.1, 0.15) is 5.15 Å². The second-order valence-electron chi connectivity index (χ2n) is 3.32. The third kappa shape index (κ3) is 1.99. The molecule has 1 heterocycles. The van der Waals surface area contributed by atoms with E-state index in [-0.39, 0.29) is 6.61 Å². The average Bonchev–Trinajstić information content (AvgIpc) is 2.26. The van der Waals surface area contributed by atoms with Gasteiger partial charge in [-0.25, -0.2) is 4.98 Å². The van der Waals surface area contributed by atoms with Crippen molar-refractivity contribution in [3.63, 3.8) is 0 Å². The number of rotatable bonds is 2. The lowest BCUT2D eigenvalue weighted by Crippen LogP contribution is -1.91. The van der Waals surface area contributed by atoms with Gasteiger partial charge in [-0.15, -0.1) is 0 Å². The van der Waals surface area contributed by atoms with Crippen molar-refractivity contribution < 1.29 is 5.11 Å². The molecule has 0 atom stereocenters. The molecule has 0 fully saturated rings. The second-order valence-corrected chi connectivity index (χ2v) is 3.71. The SMILES string of the molecule is [B]Cc1ccc2c(CO)cc(Cl)nc2c1. The normalized spacial score (nSPS) is 10.8. The topological polar surface area (TPSA) is 33.1 Å². The van der Waals surface area contributed by atoms with Crippen molar-refractivity contribution >= 4 is 30.4 Å². The second kappa shape index (κ2) is 4.21. The lowest BCUT2D eigenvalue weighted by molar-refractivity contribution is 0.283. The summed E-state index contributed by atoms with van der Waals surface area (Å²) in [6.45, 7) is -0.0410. The molecule has 0 bridgehead atoms. The van der Waals surface area contributed by atoms with Crippen molar-refractivity contribution in [2.45, 2.75) is 12.9 Å². The minimum absolute atomic E-state index is 0.0410. The largest absolute Gasteiger partial charge is 0.392 e. The first-order chi connectivity index (χ1) is 7.24. The van der Waals surface area contributed by atoms with Crippen LogP contribution in [0, 0.1) is 0 Å². The van der Waals surface area contributed by atoms with Crippen LogP contribution in [0.15, 0.2) is 24.3 Å². The Labute approximate surface area is 94.3 Å². The molecular weight excluding hydrogens is 208 g/mol. The van der Waals surface area contributed by atoms with Gasteiger partial charge in [-0.05, 0) is 17.7 Å².